The lowest BCUT2D eigenvalue weighted by molar-refractivity contribution is 0.0936. The quantitative estimate of drug-likeness (QED) is 0.579. The molecule has 0 radical (unpaired) electrons. The van der Waals surface area contributed by atoms with Crippen LogP contribution in [0.1, 0.15) is 27.9 Å². The van der Waals surface area contributed by atoms with E-state index in [1.807, 2.05) is 7.05 Å². The molecular formula is C21H18FN5O2. The standard InChI is InChI=1S/C21H18FN5O2/c1-26-12-11-23-19(26)17(13-7-9-14(22)10-8-13)24-20(28)18-15-5-3-4-6-16(15)21(29)27(2)25-18/h3-12,17H,1-2H3,(H,24,28). The molecule has 2 aromatic carbocycles. The van der Waals surface area contributed by atoms with Crippen molar-refractivity contribution in [1.82, 2.24) is 24.6 Å². The molecule has 4 aromatic rings. The highest BCUT2D eigenvalue weighted by molar-refractivity contribution is 6.05. The molecule has 4 rings (SSSR count). The lowest BCUT2D eigenvalue weighted by atomic mass is 10.0. The van der Waals surface area contributed by atoms with Gasteiger partial charge < -0.3 is 9.88 Å². The molecule has 2 aromatic heterocycles. The minimum atomic E-state index is -0.624. The smallest absolute Gasteiger partial charge is 0.274 e. The number of carbonyl (C=O) groups is 1. The number of aromatic nitrogens is 4. The van der Waals surface area contributed by atoms with Gasteiger partial charge in [0.25, 0.3) is 11.5 Å². The molecule has 0 spiro atoms. The highest BCUT2D eigenvalue weighted by Crippen LogP contribution is 2.22. The number of benzene rings is 2. The van der Waals surface area contributed by atoms with Crippen molar-refractivity contribution in [2.24, 2.45) is 14.1 Å². The molecule has 2 heterocycles. The van der Waals surface area contributed by atoms with Crippen LogP contribution in [0.5, 0.6) is 0 Å². The second-order valence-corrected chi connectivity index (χ2v) is 6.68. The number of aryl methyl sites for hydroxylation is 2. The van der Waals surface area contributed by atoms with Crippen molar-refractivity contribution in [2.45, 2.75) is 6.04 Å². The molecule has 0 aliphatic rings. The normalized spacial score (nSPS) is 12.1. The Morgan fingerprint density at radius 1 is 1.07 bits per heavy atom. The molecule has 0 saturated heterocycles. The van der Waals surface area contributed by atoms with Gasteiger partial charge in [0.1, 0.15) is 17.7 Å². The fourth-order valence-corrected chi connectivity index (χ4v) is 3.27. The second kappa shape index (κ2) is 7.31. The van der Waals surface area contributed by atoms with Crippen molar-refractivity contribution >= 4 is 16.7 Å². The minimum Gasteiger partial charge on any atom is -0.337 e. The Kier molecular flexibility index (Phi) is 4.67. The van der Waals surface area contributed by atoms with Gasteiger partial charge in [0, 0.05) is 31.9 Å². The summed E-state index contributed by atoms with van der Waals surface area (Å²) in [6, 6.07) is 12.1. The highest BCUT2D eigenvalue weighted by atomic mass is 19.1. The zero-order valence-corrected chi connectivity index (χ0v) is 15.8. The van der Waals surface area contributed by atoms with E-state index in [-0.39, 0.29) is 17.1 Å². The molecule has 146 valence electrons. The average molecular weight is 391 g/mol. The molecule has 0 saturated carbocycles. The predicted octanol–water partition coefficient (Wildman–Crippen LogP) is 2.33. The van der Waals surface area contributed by atoms with Crippen LogP contribution in [0.15, 0.2) is 65.7 Å². The SMILES string of the molecule is Cn1ccnc1C(NC(=O)c1nn(C)c(=O)c2ccccc12)c1ccc(F)cc1. The maximum Gasteiger partial charge on any atom is 0.274 e. The number of hydrogen-bond acceptors (Lipinski definition) is 4. The summed E-state index contributed by atoms with van der Waals surface area (Å²) in [4.78, 5) is 29.8. The maximum atomic E-state index is 13.4. The Morgan fingerprint density at radius 2 is 1.76 bits per heavy atom. The summed E-state index contributed by atoms with van der Waals surface area (Å²) in [5.41, 5.74) is 0.517. The van der Waals surface area contributed by atoms with Crippen molar-refractivity contribution in [1.29, 1.82) is 0 Å². The third kappa shape index (κ3) is 3.40. The number of hydrogen-bond donors (Lipinski definition) is 1. The van der Waals surface area contributed by atoms with Crippen LogP contribution in [0.2, 0.25) is 0 Å². The van der Waals surface area contributed by atoms with E-state index in [1.54, 1.807) is 53.4 Å². The Morgan fingerprint density at radius 3 is 2.41 bits per heavy atom. The number of amides is 1. The molecule has 1 amide bonds. The van der Waals surface area contributed by atoms with Gasteiger partial charge in [-0.15, -0.1) is 0 Å². The molecule has 0 fully saturated rings. The van der Waals surface area contributed by atoms with Crippen molar-refractivity contribution in [3.63, 3.8) is 0 Å². The van der Waals surface area contributed by atoms with E-state index in [9.17, 15) is 14.0 Å². The number of carbonyl (C=O) groups excluding carboxylic acids is 1. The fourth-order valence-electron chi connectivity index (χ4n) is 3.27. The van der Waals surface area contributed by atoms with Crippen molar-refractivity contribution < 1.29 is 9.18 Å². The van der Waals surface area contributed by atoms with E-state index >= 15 is 0 Å². The van der Waals surface area contributed by atoms with E-state index in [1.165, 1.54) is 19.2 Å². The Labute approximate surface area is 165 Å². The lowest BCUT2D eigenvalue weighted by Crippen LogP contribution is -2.34. The third-order valence-corrected chi connectivity index (χ3v) is 4.77. The molecule has 0 aliphatic carbocycles. The maximum absolute atomic E-state index is 13.4. The van der Waals surface area contributed by atoms with Crippen LogP contribution in [0.4, 0.5) is 4.39 Å². The summed E-state index contributed by atoms with van der Waals surface area (Å²) in [5.74, 6) is -0.252. The number of fused-ring (bicyclic) bond motifs is 1. The molecule has 1 N–H and O–H groups in total. The number of halogens is 1. The summed E-state index contributed by atoms with van der Waals surface area (Å²) >= 11 is 0. The van der Waals surface area contributed by atoms with E-state index in [0.717, 1.165) is 4.68 Å². The third-order valence-electron chi connectivity index (χ3n) is 4.77. The number of nitrogens with one attached hydrogen (secondary N) is 1. The van der Waals surface area contributed by atoms with Gasteiger partial charge in [-0.1, -0.05) is 30.3 Å². The van der Waals surface area contributed by atoms with Gasteiger partial charge in [-0.25, -0.2) is 14.1 Å². The summed E-state index contributed by atoms with van der Waals surface area (Å²) in [7, 11) is 3.31. The summed E-state index contributed by atoms with van der Waals surface area (Å²) in [6.45, 7) is 0. The van der Waals surface area contributed by atoms with Crippen LogP contribution in [-0.4, -0.2) is 25.2 Å². The van der Waals surface area contributed by atoms with Gasteiger partial charge in [0.15, 0.2) is 5.69 Å². The zero-order chi connectivity index (χ0) is 20.5. The average Bonchev–Trinajstić information content (AvgIpc) is 3.15. The lowest BCUT2D eigenvalue weighted by Gasteiger charge is -2.19. The molecular weight excluding hydrogens is 373 g/mol. The number of nitrogens with zero attached hydrogens (tertiary/aromatic N) is 4. The number of imidazole rings is 1. The van der Waals surface area contributed by atoms with E-state index in [2.05, 4.69) is 15.4 Å². The van der Waals surface area contributed by atoms with Gasteiger partial charge in [-0.3, -0.25) is 9.59 Å². The van der Waals surface area contributed by atoms with E-state index < -0.39 is 11.9 Å². The molecule has 29 heavy (non-hydrogen) atoms. The van der Waals surface area contributed by atoms with Crippen molar-refractivity contribution in [2.75, 3.05) is 0 Å². The fraction of sp³-hybridized carbons (Fsp3) is 0.143. The minimum absolute atomic E-state index is 0.129. The molecule has 7 nitrogen and oxygen atoms in total. The van der Waals surface area contributed by atoms with Crippen LogP contribution in [0.25, 0.3) is 10.8 Å². The largest absolute Gasteiger partial charge is 0.337 e. The summed E-state index contributed by atoms with van der Waals surface area (Å²) in [5, 5.41) is 7.97. The topological polar surface area (TPSA) is 81.8 Å². The van der Waals surface area contributed by atoms with Gasteiger partial charge >= 0.3 is 0 Å². The first-order valence-corrected chi connectivity index (χ1v) is 8.95. The first-order chi connectivity index (χ1) is 14.0. The first-order valence-electron chi connectivity index (χ1n) is 8.95. The van der Waals surface area contributed by atoms with Gasteiger partial charge in [-0.2, -0.15) is 5.10 Å². The van der Waals surface area contributed by atoms with Crippen LogP contribution in [0.3, 0.4) is 0 Å². The highest BCUT2D eigenvalue weighted by Gasteiger charge is 2.24. The van der Waals surface area contributed by atoms with E-state index in [0.29, 0.717) is 22.2 Å². The second-order valence-electron chi connectivity index (χ2n) is 6.68. The van der Waals surface area contributed by atoms with Crippen molar-refractivity contribution in [3.05, 3.63) is 94.2 Å². The Balaban J connectivity index is 1.79. The Bertz CT molecular complexity index is 1260. The predicted molar refractivity (Wildman–Crippen MR) is 106 cm³/mol. The van der Waals surface area contributed by atoms with Crippen LogP contribution in [0, 0.1) is 5.82 Å². The number of rotatable bonds is 4. The van der Waals surface area contributed by atoms with Gasteiger partial charge in [-0.05, 0) is 23.8 Å². The molecule has 0 aliphatic heterocycles. The Hall–Kier alpha value is -3.81. The van der Waals surface area contributed by atoms with E-state index in [4.69, 9.17) is 0 Å². The van der Waals surface area contributed by atoms with Crippen LogP contribution < -0.4 is 10.9 Å². The van der Waals surface area contributed by atoms with Gasteiger partial charge in [0.2, 0.25) is 0 Å². The zero-order valence-electron chi connectivity index (χ0n) is 15.8. The van der Waals surface area contributed by atoms with Gasteiger partial charge in [0.05, 0.1) is 5.39 Å². The molecule has 0 bridgehead atoms. The molecule has 8 heteroatoms. The molecule has 1 atom stereocenters. The first kappa shape index (κ1) is 18.5. The summed E-state index contributed by atoms with van der Waals surface area (Å²) < 4.78 is 16.3. The monoisotopic (exact) mass is 391 g/mol. The van der Waals surface area contributed by atoms with Crippen LogP contribution >= 0.6 is 0 Å². The molecule has 1 unspecified atom stereocenters. The summed E-state index contributed by atoms with van der Waals surface area (Å²) in [6.07, 6.45) is 3.38. The van der Waals surface area contributed by atoms with Crippen LogP contribution in [-0.2, 0) is 14.1 Å². The van der Waals surface area contributed by atoms with Crippen molar-refractivity contribution in [3.8, 4) is 0 Å².